The van der Waals surface area contributed by atoms with E-state index in [9.17, 15) is 4.79 Å². The first kappa shape index (κ1) is 16.7. The van der Waals surface area contributed by atoms with Crippen molar-refractivity contribution in [3.63, 3.8) is 0 Å². The molecule has 2 aromatic rings. The fraction of sp³-hybridized carbons (Fsp3) is 0.474. The monoisotopic (exact) mass is 327 g/mol. The maximum Gasteiger partial charge on any atom is 0.314 e. The van der Waals surface area contributed by atoms with Gasteiger partial charge in [0, 0.05) is 31.3 Å². The second kappa shape index (κ2) is 8.64. The Balaban J connectivity index is 1.38. The second-order valence-electron chi connectivity index (χ2n) is 6.20. The quantitative estimate of drug-likeness (QED) is 0.857. The van der Waals surface area contributed by atoms with Crippen LogP contribution in [0.4, 0.5) is 4.79 Å². The molecular weight excluding hydrogens is 302 g/mol. The molecule has 5 heteroatoms. The summed E-state index contributed by atoms with van der Waals surface area (Å²) in [6.45, 7) is 2.11. The molecule has 3 rings (SSSR count). The second-order valence-corrected chi connectivity index (χ2v) is 6.20. The van der Waals surface area contributed by atoms with E-state index in [2.05, 4.69) is 33.8 Å². The van der Waals surface area contributed by atoms with Crippen molar-refractivity contribution in [1.82, 2.24) is 15.6 Å². The summed E-state index contributed by atoms with van der Waals surface area (Å²) < 4.78 is 5.66. The van der Waals surface area contributed by atoms with Gasteiger partial charge in [0.25, 0.3) is 0 Å². The van der Waals surface area contributed by atoms with Crippen LogP contribution >= 0.6 is 0 Å². The van der Waals surface area contributed by atoms with E-state index in [-0.39, 0.29) is 6.03 Å². The average Bonchev–Trinajstić information content (AvgIpc) is 2.63. The molecule has 0 aliphatic carbocycles. The maximum absolute atomic E-state index is 11.9. The van der Waals surface area contributed by atoms with Crippen molar-refractivity contribution >= 4 is 16.9 Å². The summed E-state index contributed by atoms with van der Waals surface area (Å²) >= 11 is 0. The van der Waals surface area contributed by atoms with Crippen LogP contribution in [0.2, 0.25) is 0 Å². The Kier molecular flexibility index (Phi) is 6.01. The van der Waals surface area contributed by atoms with Gasteiger partial charge in [0.1, 0.15) is 0 Å². The summed E-state index contributed by atoms with van der Waals surface area (Å²) in [5.41, 5.74) is 2.17. The highest BCUT2D eigenvalue weighted by Crippen LogP contribution is 2.16. The van der Waals surface area contributed by atoms with Crippen LogP contribution in [0.1, 0.15) is 31.2 Å². The molecule has 0 radical (unpaired) electrons. The zero-order chi connectivity index (χ0) is 16.6. The Morgan fingerprint density at radius 2 is 2.04 bits per heavy atom. The number of hydrogen-bond donors (Lipinski definition) is 2. The zero-order valence-corrected chi connectivity index (χ0v) is 14.0. The molecule has 24 heavy (non-hydrogen) atoms. The molecule has 1 fully saturated rings. The molecule has 2 N–H and O–H groups in total. The van der Waals surface area contributed by atoms with E-state index in [1.54, 1.807) is 6.20 Å². The average molecular weight is 327 g/mol. The number of benzene rings is 1. The highest BCUT2D eigenvalue weighted by Gasteiger charge is 2.13. The van der Waals surface area contributed by atoms with Crippen molar-refractivity contribution in [2.75, 3.05) is 19.7 Å². The minimum atomic E-state index is -0.112. The third kappa shape index (κ3) is 4.68. The molecule has 1 saturated heterocycles. The van der Waals surface area contributed by atoms with Crippen LogP contribution < -0.4 is 10.6 Å². The Bertz CT molecular complexity index is 663. The Morgan fingerprint density at radius 1 is 1.17 bits per heavy atom. The van der Waals surface area contributed by atoms with Gasteiger partial charge in [0.05, 0.1) is 11.6 Å². The number of carbonyl (C=O) groups excluding carboxylic acids is 1. The number of fused-ring (bicyclic) bond motifs is 1. The molecule has 1 aliphatic rings. The number of aromatic nitrogens is 1. The molecule has 0 bridgehead atoms. The molecule has 5 nitrogen and oxygen atoms in total. The van der Waals surface area contributed by atoms with E-state index < -0.39 is 0 Å². The normalized spacial score (nSPS) is 17.6. The van der Waals surface area contributed by atoms with E-state index in [4.69, 9.17) is 4.74 Å². The van der Waals surface area contributed by atoms with Crippen molar-refractivity contribution in [1.29, 1.82) is 0 Å². The Labute approximate surface area is 142 Å². The molecule has 1 atom stereocenters. The van der Waals surface area contributed by atoms with Gasteiger partial charge in [-0.05, 0) is 43.7 Å². The highest BCUT2D eigenvalue weighted by molar-refractivity contribution is 5.81. The van der Waals surface area contributed by atoms with Crippen LogP contribution in [0, 0.1) is 0 Å². The third-order valence-electron chi connectivity index (χ3n) is 4.42. The number of para-hydroxylation sites is 1. The van der Waals surface area contributed by atoms with Crippen LogP contribution in [0.25, 0.3) is 10.9 Å². The lowest BCUT2D eigenvalue weighted by Crippen LogP contribution is -2.38. The van der Waals surface area contributed by atoms with Gasteiger partial charge in [-0.2, -0.15) is 0 Å². The first-order chi connectivity index (χ1) is 11.8. The first-order valence-electron chi connectivity index (χ1n) is 8.79. The fourth-order valence-corrected chi connectivity index (χ4v) is 3.12. The molecule has 2 amide bonds. The number of pyridine rings is 1. The van der Waals surface area contributed by atoms with E-state index in [1.807, 2.05) is 12.1 Å². The smallest absolute Gasteiger partial charge is 0.314 e. The van der Waals surface area contributed by atoms with Crippen molar-refractivity contribution in [2.24, 2.45) is 0 Å². The Morgan fingerprint density at radius 3 is 2.92 bits per heavy atom. The largest absolute Gasteiger partial charge is 0.378 e. The first-order valence-corrected chi connectivity index (χ1v) is 8.79. The summed E-state index contributed by atoms with van der Waals surface area (Å²) in [5, 5.41) is 6.95. The number of nitrogens with zero attached hydrogens (tertiary/aromatic N) is 1. The summed E-state index contributed by atoms with van der Waals surface area (Å²) in [6, 6.07) is 10.0. The van der Waals surface area contributed by atoms with Crippen molar-refractivity contribution < 1.29 is 9.53 Å². The van der Waals surface area contributed by atoms with Gasteiger partial charge in [0.2, 0.25) is 0 Å². The predicted octanol–water partition coefficient (Wildman–Crippen LogP) is 3.04. The van der Waals surface area contributed by atoms with Crippen molar-refractivity contribution in [3.8, 4) is 0 Å². The number of ether oxygens (including phenoxy) is 1. The van der Waals surface area contributed by atoms with E-state index in [1.165, 1.54) is 6.42 Å². The molecule has 2 heterocycles. The van der Waals surface area contributed by atoms with Crippen molar-refractivity contribution in [3.05, 3.63) is 42.1 Å². The number of carbonyl (C=O) groups is 1. The van der Waals surface area contributed by atoms with Gasteiger partial charge < -0.3 is 15.4 Å². The Hall–Kier alpha value is -2.14. The topological polar surface area (TPSA) is 63.2 Å². The fourth-order valence-electron chi connectivity index (χ4n) is 3.12. The molecule has 0 saturated carbocycles. The van der Waals surface area contributed by atoms with Crippen LogP contribution in [-0.2, 0) is 11.2 Å². The van der Waals surface area contributed by atoms with Crippen LogP contribution in [0.3, 0.4) is 0 Å². The molecule has 1 aromatic carbocycles. The summed E-state index contributed by atoms with van der Waals surface area (Å²) in [7, 11) is 0. The predicted molar refractivity (Wildman–Crippen MR) is 95.1 cm³/mol. The SMILES string of the molecule is O=C(NCCc1cccc2cccnc12)NCCC1CCCCO1. The van der Waals surface area contributed by atoms with Gasteiger partial charge in [-0.3, -0.25) is 4.98 Å². The van der Waals surface area contributed by atoms with Gasteiger partial charge >= 0.3 is 6.03 Å². The molecule has 0 spiro atoms. The van der Waals surface area contributed by atoms with E-state index >= 15 is 0 Å². The van der Waals surface area contributed by atoms with Crippen LogP contribution in [-0.4, -0.2) is 36.8 Å². The van der Waals surface area contributed by atoms with E-state index in [0.717, 1.165) is 48.8 Å². The summed E-state index contributed by atoms with van der Waals surface area (Å²) in [4.78, 5) is 16.3. The molecule has 1 aliphatic heterocycles. The van der Waals surface area contributed by atoms with Gasteiger partial charge in [-0.1, -0.05) is 24.3 Å². The van der Waals surface area contributed by atoms with Crippen molar-refractivity contribution in [2.45, 2.75) is 38.2 Å². The molecular formula is C19H25N3O2. The lowest BCUT2D eigenvalue weighted by Gasteiger charge is -2.22. The lowest BCUT2D eigenvalue weighted by molar-refractivity contribution is 0.0120. The number of nitrogens with one attached hydrogen (secondary N) is 2. The highest BCUT2D eigenvalue weighted by atomic mass is 16.5. The number of amides is 2. The van der Waals surface area contributed by atoms with Gasteiger partial charge in [0.15, 0.2) is 0 Å². The van der Waals surface area contributed by atoms with Crippen LogP contribution in [0.15, 0.2) is 36.5 Å². The minimum absolute atomic E-state index is 0.112. The van der Waals surface area contributed by atoms with E-state index in [0.29, 0.717) is 19.2 Å². The number of hydrogen-bond acceptors (Lipinski definition) is 3. The standard InChI is InChI=1S/C19H25N3O2/c23-19(22-13-10-17-8-1-2-14-24-17)21-12-9-16-6-3-5-15-7-4-11-20-18(15)16/h3-7,11,17H,1-2,8-10,12-14H2,(H2,21,22,23). The number of rotatable bonds is 6. The molecule has 128 valence electrons. The zero-order valence-electron chi connectivity index (χ0n) is 14.0. The van der Waals surface area contributed by atoms with Crippen LogP contribution in [0.5, 0.6) is 0 Å². The molecule has 1 unspecified atom stereocenters. The van der Waals surface area contributed by atoms with Gasteiger partial charge in [-0.25, -0.2) is 4.79 Å². The summed E-state index contributed by atoms with van der Waals surface area (Å²) in [5.74, 6) is 0. The minimum Gasteiger partial charge on any atom is -0.378 e. The lowest BCUT2D eigenvalue weighted by atomic mass is 10.1. The maximum atomic E-state index is 11.9. The van der Waals surface area contributed by atoms with Gasteiger partial charge in [-0.15, -0.1) is 0 Å². The third-order valence-corrected chi connectivity index (χ3v) is 4.42. The summed E-state index contributed by atoms with van der Waals surface area (Å²) in [6.07, 6.45) is 7.27. The molecule has 1 aromatic heterocycles. The number of urea groups is 1.